The van der Waals surface area contributed by atoms with Crippen LogP contribution in [-0.2, 0) is 9.47 Å². The summed E-state index contributed by atoms with van der Waals surface area (Å²) in [5.74, 6) is 1.07. The normalized spacial score (nSPS) is 21.2. The summed E-state index contributed by atoms with van der Waals surface area (Å²) in [6, 6.07) is 0. The van der Waals surface area contributed by atoms with Gasteiger partial charge in [-0.15, -0.1) is 0 Å². The van der Waals surface area contributed by atoms with E-state index in [0.717, 1.165) is 44.6 Å². The fraction of sp³-hybridized carbons (Fsp3) is 0.733. The average molecular weight is 295 g/mol. The third-order valence-corrected chi connectivity index (χ3v) is 3.79. The molecule has 2 heterocycles. The van der Waals surface area contributed by atoms with Crippen molar-refractivity contribution in [1.82, 2.24) is 10.2 Å². The number of hydrogen-bond acceptors (Lipinski definition) is 4. The molecule has 2 saturated heterocycles. The first kappa shape index (κ1) is 16.0. The summed E-state index contributed by atoms with van der Waals surface area (Å²) < 4.78 is 10.6. The summed E-state index contributed by atoms with van der Waals surface area (Å²) in [7, 11) is 0. The van der Waals surface area contributed by atoms with E-state index in [1.807, 2.05) is 11.8 Å². The van der Waals surface area contributed by atoms with Gasteiger partial charge in [0.05, 0.1) is 19.8 Å². The van der Waals surface area contributed by atoms with Crippen molar-refractivity contribution in [1.29, 1.82) is 0 Å². The molecule has 0 bridgehead atoms. The third kappa shape index (κ3) is 5.13. The third-order valence-electron chi connectivity index (χ3n) is 3.79. The molecule has 0 aromatic carbocycles. The number of morpholine rings is 1. The Morgan fingerprint density at radius 3 is 2.67 bits per heavy atom. The predicted octanol–water partition coefficient (Wildman–Crippen LogP) is 1.43. The van der Waals surface area contributed by atoms with Crippen molar-refractivity contribution < 1.29 is 14.3 Å². The molecule has 0 spiro atoms. The second kappa shape index (κ2) is 8.14. The van der Waals surface area contributed by atoms with Gasteiger partial charge in [-0.3, -0.25) is 0 Å². The van der Waals surface area contributed by atoms with Crippen LogP contribution in [0.2, 0.25) is 0 Å². The quantitative estimate of drug-likeness (QED) is 0.630. The van der Waals surface area contributed by atoms with Gasteiger partial charge in [-0.25, -0.2) is 4.79 Å². The Hall–Kier alpha value is -1.40. The molecule has 1 N–H and O–H groups in total. The van der Waals surface area contributed by atoms with Gasteiger partial charge in [-0.2, -0.15) is 4.99 Å². The van der Waals surface area contributed by atoms with Crippen molar-refractivity contribution in [3.8, 4) is 0 Å². The maximum absolute atomic E-state index is 11.9. The highest BCUT2D eigenvalue weighted by molar-refractivity contribution is 6.02. The molecular formula is C15H25N3O3. The van der Waals surface area contributed by atoms with E-state index >= 15 is 0 Å². The van der Waals surface area contributed by atoms with Gasteiger partial charge in [0.25, 0.3) is 0 Å². The Labute approximate surface area is 126 Å². The lowest BCUT2D eigenvalue weighted by Gasteiger charge is -2.29. The number of piperidine rings is 1. The first-order chi connectivity index (χ1) is 10.2. The second-order valence-corrected chi connectivity index (χ2v) is 5.59. The van der Waals surface area contributed by atoms with Gasteiger partial charge in [-0.05, 0) is 44.3 Å². The number of carbonyl (C=O) groups is 1. The van der Waals surface area contributed by atoms with Crippen molar-refractivity contribution in [3.05, 3.63) is 12.2 Å². The van der Waals surface area contributed by atoms with Gasteiger partial charge >= 0.3 is 6.09 Å². The first-order valence-corrected chi connectivity index (χ1v) is 7.61. The van der Waals surface area contributed by atoms with Crippen LogP contribution < -0.4 is 5.32 Å². The summed E-state index contributed by atoms with van der Waals surface area (Å²) in [5.41, 5.74) is 0.774. The minimum atomic E-state index is -0.516. The largest absolute Gasteiger partial charge is 0.448 e. The highest BCUT2D eigenvalue weighted by Crippen LogP contribution is 2.12. The van der Waals surface area contributed by atoms with Crippen LogP contribution in [-0.4, -0.2) is 62.8 Å². The smallest absolute Gasteiger partial charge is 0.435 e. The maximum Gasteiger partial charge on any atom is 0.435 e. The molecule has 6 nitrogen and oxygen atoms in total. The summed E-state index contributed by atoms with van der Waals surface area (Å²) >= 11 is 0. The van der Waals surface area contributed by atoms with Crippen molar-refractivity contribution in [3.63, 3.8) is 0 Å². The van der Waals surface area contributed by atoms with Gasteiger partial charge < -0.3 is 19.7 Å². The minimum Gasteiger partial charge on any atom is -0.448 e. The molecule has 0 aliphatic carbocycles. The Morgan fingerprint density at radius 2 is 2.05 bits per heavy atom. The van der Waals surface area contributed by atoms with Crippen molar-refractivity contribution in [2.75, 3.05) is 46.0 Å². The van der Waals surface area contributed by atoms with Crippen molar-refractivity contribution >= 4 is 11.9 Å². The Morgan fingerprint density at radius 1 is 1.38 bits per heavy atom. The SMILES string of the molecule is C=C(C)/C(=N/C(=O)OCC1CCNCC1)N1CCOCC1. The van der Waals surface area contributed by atoms with E-state index in [9.17, 15) is 4.79 Å². The van der Waals surface area contributed by atoms with E-state index in [1.165, 1.54) is 0 Å². The van der Waals surface area contributed by atoms with Crippen LogP contribution in [0, 0.1) is 5.92 Å². The first-order valence-electron chi connectivity index (χ1n) is 7.61. The number of ether oxygens (including phenoxy) is 2. The molecule has 118 valence electrons. The topological polar surface area (TPSA) is 63.2 Å². The predicted molar refractivity (Wildman–Crippen MR) is 81.6 cm³/mol. The van der Waals surface area contributed by atoms with Gasteiger partial charge in [0.15, 0.2) is 0 Å². The van der Waals surface area contributed by atoms with E-state index in [1.54, 1.807) is 0 Å². The van der Waals surface area contributed by atoms with Crippen LogP contribution in [0.25, 0.3) is 0 Å². The molecular weight excluding hydrogens is 270 g/mol. The lowest BCUT2D eigenvalue weighted by atomic mass is 9.99. The summed E-state index contributed by atoms with van der Waals surface area (Å²) in [6.45, 7) is 11.0. The number of rotatable bonds is 3. The Kier molecular flexibility index (Phi) is 6.20. The zero-order chi connectivity index (χ0) is 15.1. The van der Waals surface area contributed by atoms with Gasteiger partial charge in [0.1, 0.15) is 5.84 Å². The summed E-state index contributed by atoms with van der Waals surface area (Å²) in [5, 5.41) is 3.29. The Balaban J connectivity index is 1.87. The number of amidine groups is 1. The Bertz CT molecular complexity index is 397. The van der Waals surface area contributed by atoms with Crippen LogP contribution in [0.15, 0.2) is 17.1 Å². The molecule has 0 aromatic heterocycles. The second-order valence-electron chi connectivity index (χ2n) is 5.59. The lowest BCUT2D eigenvalue weighted by molar-refractivity contribution is 0.0678. The monoisotopic (exact) mass is 295 g/mol. The zero-order valence-corrected chi connectivity index (χ0v) is 12.8. The fourth-order valence-electron chi connectivity index (χ4n) is 2.57. The van der Waals surface area contributed by atoms with E-state index < -0.39 is 6.09 Å². The van der Waals surface area contributed by atoms with Crippen LogP contribution in [0.3, 0.4) is 0 Å². The zero-order valence-electron chi connectivity index (χ0n) is 12.8. The molecule has 21 heavy (non-hydrogen) atoms. The number of nitrogens with zero attached hydrogens (tertiary/aromatic N) is 2. The molecule has 2 aliphatic rings. The van der Waals surface area contributed by atoms with E-state index in [2.05, 4.69) is 16.9 Å². The molecule has 0 saturated carbocycles. The summed E-state index contributed by atoms with van der Waals surface area (Å²) in [6.07, 6.45) is 1.58. The number of carbonyl (C=O) groups excluding carboxylic acids is 1. The highest BCUT2D eigenvalue weighted by Gasteiger charge is 2.19. The van der Waals surface area contributed by atoms with E-state index in [-0.39, 0.29) is 0 Å². The molecule has 0 atom stereocenters. The maximum atomic E-state index is 11.9. The fourth-order valence-corrected chi connectivity index (χ4v) is 2.57. The van der Waals surface area contributed by atoms with Gasteiger partial charge in [0, 0.05) is 13.1 Å². The molecule has 2 aliphatic heterocycles. The van der Waals surface area contributed by atoms with Crippen LogP contribution in [0.4, 0.5) is 4.79 Å². The highest BCUT2D eigenvalue weighted by atomic mass is 16.5. The van der Waals surface area contributed by atoms with Crippen molar-refractivity contribution in [2.45, 2.75) is 19.8 Å². The van der Waals surface area contributed by atoms with Crippen LogP contribution >= 0.6 is 0 Å². The van der Waals surface area contributed by atoms with E-state index in [4.69, 9.17) is 9.47 Å². The summed E-state index contributed by atoms with van der Waals surface area (Å²) in [4.78, 5) is 18.0. The average Bonchev–Trinajstić information content (AvgIpc) is 2.52. The molecule has 2 fully saturated rings. The molecule has 0 radical (unpaired) electrons. The number of amides is 1. The van der Waals surface area contributed by atoms with Gasteiger partial charge in [0.2, 0.25) is 0 Å². The van der Waals surface area contributed by atoms with Crippen LogP contribution in [0.5, 0.6) is 0 Å². The van der Waals surface area contributed by atoms with Crippen LogP contribution in [0.1, 0.15) is 19.8 Å². The minimum absolute atomic E-state index is 0.446. The molecule has 0 unspecified atom stereocenters. The number of hydrogen-bond donors (Lipinski definition) is 1. The molecule has 6 heteroatoms. The molecule has 0 aromatic rings. The van der Waals surface area contributed by atoms with Gasteiger partial charge in [-0.1, -0.05) is 6.58 Å². The molecule has 2 rings (SSSR count). The number of nitrogens with one attached hydrogen (secondary N) is 1. The molecule has 1 amide bonds. The lowest BCUT2D eigenvalue weighted by Crippen LogP contribution is -2.41. The number of aliphatic imine (C=N–C) groups is 1. The standard InChI is InChI=1S/C15H25N3O3/c1-12(2)14(18-7-9-20-10-8-18)17-15(19)21-11-13-3-5-16-6-4-13/h13,16H,1,3-11H2,2H3/b17-14-. The van der Waals surface area contributed by atoms with E-state index in [0.29, 0.717) is 31.6 Å². The van der Waals surface area contributed by atoms with Crippen molar-refractivity contribution in [2.24, 2.45) is 10.9 Å².